The zero-order valence-corrected chi connectivity index (χ0v) is 60.3. The van der Waals surface area contributed by atoms with E-state index in [1.54, 1.807) is 67.6 Å². The lowest BCUT2D eigenvalue weighted by Gasteiger charge is -2.31. The lowest BCUT2D eigenvalue weighted by molar-refractivity contribution is -0.132. The van der Waals surface area contributed by atoms with Gasteiger partial charge in [-0.3, -0.25) is 33.8 Å². The summed E-state index contributed by atoms with van der Waals surface area (Å²) in [5.41, 5.74) is 3.95. The topological polar surface area (TPSA) is 330 Å². The predicted octanol–water partition coefficient (Wildman–Crippen LogP) is 6.42. The second-order valence-electron chi connectivity index (χ2n) is 24.2. The third kappa shape index (κ3) is 24.9. The molecule has 7 amide bonds. The smallest absolute Gasteiger partial charge is 0.416 e. The Morgan fingerprint density at radius 3 is 1.68 bits per heavy atom. The number of fused-ring (bicyclic) bond motifs is 4. The van der Waals surface area contributed by atoms with E-state index < -0.39 is 54.1 Å². The minimum absolute atomic E-state index is 0.00359. The summed E-state index contributed by atoms with van der Waals surface area (Å²) < 4.78 is 73.9. The van der Waals surface area contributed by atoms with E-state index in [2.05, 4.69) is 26.3 Å². The third-order valence-corrected chi connectivity index (χ3v) is 16.8. The highest BCUT2D eigenvalue weighted by Crippen LogP contribution is 2.43. The fourth-order valence-electron chi connectivity index (χ4n) is 10.8. The standard InChI is InChI=1S/C70H97IN8O21/c1-46(2)64(76-62(80)15-19-90-21-23-92-25-27-94-29-31-96-33-34-97-32-30-95-28-26-93-24-22-91-20-16-72-63(81)41-71)66(83)74-49(5)65(82)75-51-13-11-50(12-14-51)45-100-70(87)79-56-40-61(59(89-7)38-54(56)68(85)78-44-48(4)36-57(78)69(79)86)99-18-10-8-9-17-98-60-39-55-53(37-58(60)88-6)67(84)77-43-47(3)35-52(77)42-73-55/h11-14,37-40,42-44,46,49,52,57,64,69,86H,8-10,15-36,41,45H2,1-7H3,(H,72,81)(H,74,83)(H,75,82)(H,76,80)/t49-,52-,57-,64-,69-/m0/s1. The monoisotopic (exact) mass is 1510 g/mol. The number of hydrogen-bond acceptors (Lipinski definition) is 22. The molecule has 0 bridgehead atoms. The number of carbonyl (C=O) groups excluding carboxylic acids is 7. The van der Waals surface area contributed by atoms with Gasteiger partial charge >= 0.3 is 6.09 Å². The highest BCUT2D eigenvalue weighted by molar-refractivity contribution is 14.1. The average molecular weight is 1510 g/mol. The molecule has 5 atom stereocenters. The average Bonchev–Trinajstić information content (AvgIpc) is 1.59. The molecule has 0 unspecified atom stereocenters. The van der Waals surface area contributed by atoms with Gasteiger partial charge in [-0.2, -0.15) is 0 Å². The number of nitrogens with zero attached hydrogens (tertiary/aromatic N) is 4. The normalized spacial score (nSPS) is 16.7. The maximum Gasteiger partial charge on any atom is 0.416 e. The van der Waals surface area contributed by atoms with Crippen LogP contribution in [0.25, 0.3) is 0 Å². The van der Waals surface area contributed by atoms with Crippen LogP contribution in [0.15, 0.2) is 77.1 Å². The van der Waals surface area contributed by atoms with E-state index in [0.717, 1.165) is 22.5 Å². The number of carbonyl (C=O) groups is 7. The number of halogens is 1. The number of anilines is 2. The van der Waals surface area contributed by atoms with Gasteiger partial charge in [0, 0.05) is 49.4 Å². The van der Waals surface area contributed by atoms with Crippen LogP contribution < -0.4 is 45.1 Å². The van der Waals surface area contributed by atoms with Crippen molar-refractivity contribution in [2.75, 3.05) is 154 Å². The fraction of sp³-hybridized carbons (Fsp3) is 0.571. The van der Waals surface area contributed by atoms with Gasteiger partial charge in [0.25, 0.3) is 11.8 Å². The van der Waals surface area contributed by atoms with Gasteiger partial charge in [-0.1, -0.05) is 59.7 Å². The van der Waals surface area contributed by atoms with E-state index in [1.165, 1.54) is 38.2 Å². The van der Waals surface area contributed by atoms with Gasteiger partial charge in [-0.05, 0) is 88.6 Å². The summed E-state index contributed by atoms with van der Waals surface area (Å²) >= 11 is 2.00. The summed E-state index contributed by atoms with van der Waals surface area (Å²) in [7, 11) is 2.97. The lowest BCUT2D eigenvalue weighted by atomic mass is 10.0. The SMILES string of the molecule is COc1cc2c(cc1OCCCCCOc1cc3c(cc1OC)C(=O)N1C=C(C)C[C@H]1[C@H](O)N3C(=O)OCc1ccc(NC(=O)[C@H](C)NC(=O)[C@@H](NC(=O)CCOCCOCCOCCOCCOCCOCCOCCOCCNC(=O)CI)C(C)C)cc1)N=C[C@@H]1CC(C)=CN1C2=O. The maximum absolute atomic E-state index is 14.3. The van der Waals surface area contributed by atoms with Gasteiger partial charge in [0.1, 0.15) is 18.7 Å². The van der Waals surface area contributed by atoms with Crippen molar-refractivity contribution in [1.29, 1.82) is 0 Å². The summed E-state index contributed by atoms with van der Waals surface area (Å²) in [5.74, 6) is -1.02. The molecule has 3 aromatic rings. The van der Waals surface area contributed by atoms with Crippen molar-refractivity contribution in [3.63, 3.8) is 0 Å². The van der Waals surface area contributed by atoms with E-state index in [1.807, 2.05) is 42.6 Å². The zero-order chi connectivity index (χ0) is 71.8. The number of rotatable bonds is 46. The number of unbranched alkanes of at least 4 members (excludes halogenated alkanes) is 2. The van der Waals surface area contributed by atoms with E-state index in [0.29, 0.717) is 170 Å². The molecule has 0 aliphatic carbocycles. The molecule has 0 aromatic heterocycles. The molecule has 3 aromatic carbocycles. The summed E-state index contributed by atoms with van der Waals surface area (Å²) in [6.45, 7) is 15.8. The Morgan fingerprint density at radius 1 is 0.600 bits per heavy atom. The molecule has 4 heterocycles. The van der Waals surface area contributed by atoms with Crippen LogP contribution in [0.5, 0.6) is 23.0 Å². The Labute approximate surface area is 597 Å². The second-order valence-corrected chi connectivity index (χ2v) is 24.9. The van der Waals surface area contributed by atoms with Crippen LogP contribution in [0.2, 0.25) is 0 Å². The van der Waals surface area contributed by atoms with Gasteiger partial charge in [0.15, 0.2) is 29.2 Å². The van der Waals surface area contributed by atoms with Crippen molar-refractivity contribution in [3.8, 4) is 23.0 Å². The molecular formula is C70H97IN8O21. The van der Waals surface area contributed by atoms with Crippen molar-refractivity contribution >= 4 is 87.4 Å². The minimum atomic E-state index is -1.52. The van der Waals surface area contributed by atoms with Crippen molar-refractivity contribution in [1.82, 2.24) is 25.8 Å². The maximum atomic E-state index is 14.3. The number of methoxy groups -OCH3 is 2. The van der Waals surface area contributed by atoms with Crippen molar-refractivity contribution < 1.29 is 100 Å². The Kier molecular flexibility index (Phi) is 34.0. The first-order valence-corrected chi connectivity index (χ1v) is 35.3. The molecular weight excluding hydrogens is 1420 g/mol. The number of nitrogens with one attached hydrogen (secondary N) is 4. The van der Waals surface area contributed by atoms with Crippen LogP contribution in [0.4, 0.5) is 21.9 Å². The number of aliphatic hydroxyl groups excluding tert-OH is 1. The summed E-state index contributed by atoms with van der Waals surface area (Å²) in [6.07, 6.45) is 5.81. The third-order valence-electron chi connectivity index (χ3n) is 16.1. The molecule has 100 heavy (non-hydrogen) atoms. The van der Waals surface area contributed by atoms with Crippen molar-refractivity contribution in [2.45, 2.75) is 110 Å². The Balaban J connectivity index is 0.757. The van der Waals surface area contributed by atoms with Crippen LogP contribution in [0.1, 0.15) is 99.4 Å². The van der Waals surface area contributed by atoms with Gasteiger partial charge < -0.3 is 97.8 Å². The molecule has 0 fully saturated rings. The first kappa shape index (κ1) is 79.8. The highest BCUT2D eigenvalue weighted by atomic mass is 127. The Bertz CT molecular complexity index is 3260. The summed E-state index contributed by atoms with van der Waals surface area (Å²) in [5, 5.41) is 22.9. The number of ether oxygens (including phenoxy) is 13. The number of aliphatic imine (C=N–C) groups is 1. The molecule has 7 rings (SSSR count). The number of alkyl halides is 1. The first-order chi connectivity index (χ1) is 48.4. The molecule has 0 saturated heterocycles. The molecule has 4 aliphatic heterocycles. The second kappa shape index (κ2) is 42.7. The molecule has 0 radical (unpaired) electrons. The number of hydrogen-bond donors (Lipinski definition) is 5. The molecule has 5 N–H and O–H groups in total. The van der Waals surface area contributed by atoms with Crippen LogP contribution in [-0.2, 0) is 68.4 Å². The molecule has 29 nitrogen and oxygen atoms in total. The Morgan fingerprint density at radius 2 is 1.12 bits per heavy atom. The van der Waals surface area contributed by atoms with Gasteiger partial charge in [-0.15, -0.1) is 0 Å². The van der Waals surface area contributed by atoms with Crippen LogP contribution in [-0.4, -0.2) is 237 Å². The van der Waals surface area contributed by atoms with Gasteiger partial charge in [-0.25, -0.2) is 9.69 Å². The number of aliphatic hydroxyl groups is 1. The van der Waals surface area contributed by atoms with Crippen LogP contribution in [0, 0.1) is 5.92 Å². The van der Waals surface area contributed by atoms with E-state index in [9.17, 15) is 38.7 Å². The largest absolute Gasteiger partial charge is 0.493 e. The van der Waals surface area contributed by atoms with E-state index in [-0.39, 0.29) is 79.4 Å². The zero-order valence-electron chi connectivity index (χ0n) is 58.2. The van der Waals surface area contributed by atoms with Crippen molar-refractivity contribution in [3.05, 3.63) is 88.8 Å². The Hall–Kier alpha value is -7.53. The molecule has 0 saturated carbocycles. The van der Waals surface area contributed by atoms with Gasteiger partial charge in [0.05, 0.1) is 172 Å². The van der Waals surface area contributed by atoms with E-state index in [4.69, 9.17) is 61.6 Å². The van der Waals surface area contributed by atoms with Crippen molar-refractivity contribution in [2.24, 2.45) is 10.9 Å². The molecule has 0 spiro atoms. The minimum Gasteiger partial charge on any atom is -0.493 e. The lowest BCUT2D eigenvalue weighted by Crippen LogP contribution is -2.53. The molecule has 4 aliphatic rings. The van der Waals surface area contributed by atoms with Crippen LogP contribution in [0.3, 0.4) is 0 Å². The van der Waals surface area contributed by atoms with E-state index >= 15 is 0 Å². The molecule has 550 valence electrons. The number of benzene rings is 3. The predicted molar refractivity (Wildman–Crippen MR) is 377 cm³/mol. The fourth-order valence-corrected chi connectivity index (χ4v) is 11.1. The molecule has 30 heteroatoms. The number of amides is 7. The van der Waals surface area contributed by atoms with Gasteiger partial charge in [0.2, 0.25) is 23.6 Å². The quantitative estimate of drug-likeness (QED) is 0.0231. The summed E-state index contributed by atoms with van der Waals surface area (Å²) in [4.78, 5) is 101. The summed E-state index contributed by atoms with van der Waals surface area (Å²) in [6, 6.07) is 9.98. The first-order valence-electron chi connectivity index (χ1n) is 33.7. The highest BCUT2D eigenvalue weighted by Gasteiger charge is 2.45. The van der Waals surface area contributed by atoms with Crippen LogP contribution >= 0.6 is 22.6 Å².